The number of hydrogen-bond acceptors (Lipinski definition) is 3. The first-order chi connectivity index (χ1) is 6.92. The Morgan fingerprint density at radius 1 is 1.64 bits per heavy atom. The Hall–Kier alpha value is -0.930. The van der Waals surface area contributed by atoms with Gasteiger partial charge in [0, 0.05) is 19.0 Å². The zero-order chi connectivity index (χ0) is 9.80. The summed E-state index contributed by atoms with van der Waals surface area (Å²) >= 11 is 0. The zero-order valence-electron chi connectivity index (χ0n) is 8.44. The minimum absolute atomic E-state index is 0.284. The maximum absolute atomic E-state index is 5.67. The first kappa shape index (κ1) is 9.62. The van der Waals surface area contributed by atoms with Crippen LogP contribution in [0, 0.1) is 0 Å². The molecule has 76 valence electrons. The maximum atomic E-state index is 5.67. The van der Waals surface area contributed by atoms with Crippen LogP contribution in [0.5, 0.6) is 0 Å². The molecule has 1 aromatic heterocycles. The second-order valence-electron chi connectivity index (χ2n) is 3.60. The van der Waals surface area contributed by atoms with Crippen molar-refractivity contribution in [3.8, 4) is 0 Å². The molecule has 1 aliphatic heterocycles. The molecule has 0 spiro atoms. The molecular formula is C11H16N2O. The Morgan fingerprint density at radius 3 is 3.14 bits per heavy atom. The monoisotopic (exact) mass is 192 g/mol. The summed E-state index contributed by atoms with van der Waals surface area (Å²) in [5.74, 6) is 0. The average molecular weight is 192 g/mol. The van der Waals surface area contributed by atoms with E-state index in [4.69, 9.17) is 4.74 Å². The zero-order valence-corrected chi connectivity index (χ0v) is 8.44. The molecule has 3 heteroatoms. The number of likely N-dealkylation sites (N-methyl/N-ethyl adjacent to an activating group) is 1. The van der Waals surface area contributed by atoms with Gasteiger partial charge in [0.1, 0.15) is 0 Å². The number of aromatic nitrogens is 1. The van der Waals surface area contributed by atoms with E-state index in [9.17, 15) is 0 Å². The van der Waals surface area contributed by atoms with Crippen LogP contribution in [0.1, 0.15) is 24.4 Å². The molecule has 0 radical (unpaired) electrons. The highest BCUT2D eigenvalue weighted by molar-refractivity contribution is 5.15. The highest BCUT2D eigenvalue weighted by atomic mass is 16.5. The molecule has 1 N–H and O–H groups in total. The summed E-state index contributed by atoms with van der Waals surface area (Å²) in [4.78, 5) is 4.13. The van der Waals surface area contributed by atoms with Gasteiger partial charge < -0.3 is 10.1 Å². The van der Waals surface area contributed by atoms with Crippen molar-refractivity contribution in [3.63, 3.8) is 0 Å². The molecule has 1 fully saturated rings. The summed E-state index contributed by atoms with van der Waals surface area (Å²) in [5, 5.41) is 3.30. The Labute approximate surface area is 84.5 Å². The summed E-state index contributed by atoms with van der Waals surface area (Å²) in [7, 11) is 1.97. The van der Waals surface area contributed by atoms with Crippen molar-refractivity contribution in [2.45, 2.75) is 25.0 Å². The lowest BCUT2D eigenvalue weighted by Crippen LogP contribution is -2.28. The molecule has 1 aliphatic rings. The first-order valence-electron chi connectivity index (χ1n) is 5.10. The third-order valence-electron chi connectivity index (χ3n) is 2.69. The lowest BCUT2D eigenvalue weighted by atomic mass is 10.0. The minimum atomic E-state index is 0.284. The third kappa shape index (κ3) is 1.94. The van der Waals surface area contributed by atoms with Crippen molar-refractivity contribution in [3.05, 3.63) is 30.1 Å². The number of ether oxygens (including phenoxy) is 1. The molecule has 0 bridgehead atoms. The van der Waals surface area contributed by atoms with E-state index in [2.05, 4.69) is 16.4 Å². The highest BCUT2D eigenvalue weighted by Crippen LogP contribution is 2.25. The van der Waals surface area contributed by atoms with Gasteiger partial charge in [-0.3, -0.25) is 4.98 Å². The average Bonchev–Trinajstić information content (AvgIpc) is 2.74. The Bertz CT molecular complexity index is 270. The van der Waals surface area contributed by atoms with E-state index in [1.165, 1.54) is 12.0 Å². The second-order valence-corrected chi connectivity index (χ2v) is 3.60. The van der Waals surface area contributed by atoms with E-state index in [1.807, 2.05) is 19.3 Å². The Kier molecular flexibility index (Phi) is 3.11. The first-order valence-corrected chi connectivity index (χ1v) is 5.10. The quantitative estimate of drug-likeness (QED) is 0.788. The van der Waals surface area contributed by atoms with Crippen LogP contribution in [0.2, 0.25) is 0 Å². The summed E-state index contributed by atoms with van der Waals surface area (Å²) in [6.07, 6.45) is 6.32. The highest BCUT2D eigenvalue weighted by Gasteiger charge is 2.25. The van der Waals surface area contributed by atoms with Crippen molar-refractivity contribution in [1.29, 1.82) is 0 Å². The van der Waals surface area contributed by atoms with Crippen molar-refractivity contribution < 1.29 is 4.74 Å². The topological polar surface area (TPSA) is 34.2 Å². The normalized spacial score (nSPS) is 23.6. The van der Waals surface area contributed by atoms with Crippen molar-refractivity contribution >= 4 is 0 Å². The molecule has 2 unspecified atom stereocenters. The van der Waals surface area contributed by atoms with Gasteiger partial charge in [-0.1, -0.05) is 6.07 Å². The van der Waals surface area contributed by atoms with Gasteiger partial charge in [-0.25, -0.2) is 0 Å². The van der Waals surface area contributed by atoms with Crippen LogP contribution in [0.4, 0.5) is 0 Å². The number of nitrogens with zero attached hydrogens (tertiary/aromatic N) is 1. The number of nitrogens with one attached hydrogen (secondary N) is 1. The number of hydrogen-bond donors (Lipinski definition) is 1. The summed E-state index contributed by atoms with van der Waals surface area (Å²) in [5.41, 5.74) is 1.21. The van der Waals surface area contributed by atoms with Gasteiger partial charge in [-0.05, 0) is 31.5 Å². The van der Waals surface area contributed by atoms with Gasteiger partial charge in [0.05, 0.1) is 12.1 Å². The largest absolute Gasteiger partial charge is 0.376 e. The second kappa shape index (κ2) is 4.53. The lowest BCUT2D eigenvalue weighted by molar-refractivity contribution is 0.0807. The molecule has 0 aliphatic carbocycles. The predicted octanol–water partition coefficient (Wildman–Crippen LogP) is 1.52. The molecule has 14 heavy (non-hydrogen) atoms. The number of pyridine rings is 1. The van der Waals surface area contributed by atoms with E-state index < -0.39 is 0 Å². The molecule has 1 aromatic rings. The van der Waals surface area contributed by atoms with Crippen LogP contribution in [0.25, 0.3) is 0 Å². The summed E-state index contributed by atoms with van der Waals surface area (Å²) < 4.78 is 5.67. The Morgan fingerprint density at radius 2 is 2.57 bits per heavy atom. The molecule has 1 saturated heterocycles. The smallest absolute Gasteiger partial charge is 0.0771 e. The maximum Gasteiger partial charge on any atom is 0.0771 e. The number of rotatable bonds is 3. The summed E-state index contributed by atoms with van der Waals surface area (Å²) in [6, 6.07) is 4.34. The van der Waals surface area contributed by atoms with E-state index in [0.717, 1.165) is 13.0 Å². The lowest BCUT2D eigenvalue weighted by Gasteiger charge is -2.22. The SMILES string of the molecule is CNC(c1cccnc1)C1CCCO1. The van der Waals surface area contributed by atoms with Crippen molar-refractivity contribution in [1.82, 2.24) is 10.3 Å². The van der Waals surface area contributed by atoms with Gasteiger partial charge in [0.2, 0.25) is 0 Å². The van der Waals surface area contributed by atoms with E-state index in [0.29, 0.717) is 6.10 Å². The third-order valence-corrected chi connectivity index (χ3v) is 2.69. The van der Waals surface area contributed by atoms with E-state index >= 15 is 0 Å². The molecule has 0 aromatic carbocycles. The van der Waals surface area contributed by atoms with Gasteiger partial charge in [-0.15, -0.1) is 0 Å². The van der Waals surface area contributed by atoms with Gasteiger partial charge in [-0.2, -0.15) is 0 Å². The van der Waals surface area contributed by atoms with Gasteiger partial charge in [0.25, 0.3) is 0 Å². The van der Waals surface area contributed by atoms with Crippen molar-refractivity contribution in [2.24, 2.45) is 0 Å². The molecule has 0 saturated carbocycles. The Balaban J connectivity index is 2.12. The van der Waals surface area contributed by atoms with Gasteiger partial charge >= 0.3 is 0 Å². The predicted molar refractivity (Wildman–Crippen MR) is 55.0 cm³/mol. The van der Waals surface area contributed by atoms with Crippen molar-refractivity contribution in [2.75, 3.05) is 13.7 Å². The van der Waals surface area contributed by atoms with Crippen LogP contribution in [0.3, 0.4) is 0 Å². The molecular weight excluding hydrogens is 176 g/mol. The van der Waals surface area contributed by atoms with Crippen LogP contribution in [-0.4, -0.2) is 24.7 Å². The molecule has 2 rings (SSSR count). The fraction of sp³-hybridized carbons (Fsp3) is 0.545. The molecule has 0 amide bonds. The fourth-order valence-corrected chi connectivity index (χ4v) is 1.99. The van der Waals surface area contributed by atoms with E-state index in [-0.39, 0.29) is 6.04 Å². The summed E-state index contributed by atoms with van der Waals surface area (Å²) in [6.45, 7) is 0.892. The minimum Gasteiger partial charge on any atom is -0.376 e. The van der Waals surface area contributed by atoms with Gasteiger partial charge in [0.15, 0.2) is 0 Å². The van der Waals surface area contributed by atoms with E-state index in [1.54, 1.807) is 6.20 Å². The van der Waals surface area contributed by atoms with Crippen LogP contribution in [-0.2, 0) is 4.74 Å². The molecule has 3 nitrogen and oxygen atoms in total. The molecule has 2 heterocycles. The van der Waals surface area contributed by atoms with Crippen LogP contribution >= 0.6 is 0 Å². The standard InChI is InChI=1S/C11H16N2O/c1-12-11(10-5-3-7-14-10)9-4-2-6-13-8-9/h2,4,6,8,10-12H,3,5,7H2,1H3. The molecule has 2 atom stereocenters. The van der Waals surface area contributed by atoms with Crippen LogP contribution < -0.4 is 5.32 Å². The van der Waals surface area contributed by atoms with Crippen LogP contribution in [0.15, 0.2) is 24.5 Å². The fourth-order valence-electron chi connectivity index (χ4n) is 1.99.